The lowest BCUT2D eigenvalue weighted by molar-refractivity contribution is 0.380. The highest BCUT2D eigenvalue weighted by Crippen LogP contribution is 2.25. The Morgan fingerprint density at radius 2 is 2.29 bits per heavy atom. The number of rotatable bonds is 4. The van der Waals surface area contributed by atoms with Gasteiger partial charge in [0.15, 0.2) is 0 Å². The number of benzene rings is 1. The lowest BCUT2D eigenvalue weighted by Gasteiger charge is -2.15. The van der Waals surface area contributed by atoms with Crippen molar-refractivity contribution in [1.29, 1.82) is 0 Å². The number of alkyl halides is 1. The largest absolute Gasteiger partial charge is 0.305 e. The zero-order valence-electron chi connectivity index (χ0n) is 7.84. The number of halogens is 2. The second-order valence-corrected chi connectivity index (χ2v) is 4.14. The first-order chi connectivity index (χ1) is 6.79. The first-order valence-corrected chi connectivity index (χ1v) is 5.25. The maximum atomic E-state index is 12.8. The first-order valence-electron chi connectivity index (χ1n) is 4.87. The van der Waals surface area contributed by atoms with Gasteiger partial charge in [0.1, 0.15) is 6.67 Å². The molecule has 0 radical (unpaired) electrons. The minimum atomic E-state index is -0.378. The molecule has 0 aliphatic heterocycles. The quantitative estimate of drug-likeness (QED) is 0.811. The van der Waals surface area contributed by atoms with Gasteiger partial charge in [0.25, 0.3) is 0 Å². The third-order valence-electron chi connectivity index (χ3n) is 2.42. The fourth-order valence-corrected chi connectivity index (χ4v) is 1.69. The van der Waals surface area contributed by atoms with Crippen LogP contribution in [0.2, 0.25) is 5.02 Å². The van der Waals surface area contributed by atoms with Crippen molar-refractivity contribution in [3.63, 3.8) is 0 Å². The average Bonchev–Trinajstić information content (AvgIpc) is 2.98. The maximum absolute atomic E-state index is 12.8. The Kier molecular flexibility index (Phi) is 3.04. The minimum absolute atomic E-state index is 0.193. The van der Waals surface area contributed by atoms with Crippen LogP contribution in [0.3, 0.4) is 0 Å². The van der Waals surface area contributed by atoms with Gasteiger partial charge in [-0.2, -0.15) is 0 Å². The Morgan fingerprint density at radius 1 is 1.50 bits per heavy atom. The Bertz CT molecular complexity index is 312. The fraction of sp³-hybridized carbons (Fsp3) is 0.455. The van der Waals surface area contributed by atoms with Gasteiger partial charge in [0.05, 0.1) is 6.04 Å². The van der Waals surface area contributed by atoms with Crippen molar-refractivity contribution in [2.45, 2.75) is 24.9 Å². The monoisotopic (exact) mass is 213 g/mol. The van der Waals surface area contributed by atoms with E-state index in [1.807, 2.05) is 18.2 Å². The Hall–Kier alpha value is -0.600. The second kappa shape index (κ2) is 4.28. The zero-order valence-corrected chi connectivity index (χ0v) is 8.60. The van der Waals surface area contributed by atoms with E-state index < -0.39 is 0 Å². The predicted molar refractivity (Wildman–Crippen MR) is 56.3 cm³/mol. The summed E-state index contributed by atoms with van der Waals surface area (Å²) in [7, 11) is 0. The van der Waals surface area contributed by atoms with E-state index in [4.69, 9.17) is 11.6 Å². The van der Waals surface area contributed by atoms with Crippen molar-refractivity contribution in [2.75, 3.05) is 6.67 Å². The van der Waals surface area contributed by atoms with Crippen LogP contribution < -0.4 is 5.32 Å². The van der Waals surface area contributed by atoms with Crippen LogP contribution in [-0.2, 0) is 0 Å². The van der Waals surface area contributed by atoms with E-state index >= 15 is 0 Å². The Morgan fingerprint density at radius 3 is 2.86 bits per heavy atom. The van der Waals surface area contributed by atoms with Crippen LogP contribution >= 0.6 is 11.6 Å². The molecule has 1 atom stereocenters. The standard InChI is InChI=1S/C11H13ClFN/c12-9-3-1-2-8(6-9)11(7-13)14-10-4-5-10/h1-3,6,10-11,14H,4-5,7H2. The van der Waals surface area contributed by atoms with Gasteiger partial charge in [0.2, 0.25) is 0 Å². The van der Waals surface area contributed by atoms with Crippen molar-refractivity contribution in [2.24, 2.45) is 0 Å². The van der Waals surface area contributed by atoms with Gasteiger partial charge in [-0.25, -0.2) is 4.39 Å². The summed E-state index contributed by atoms with van der Waals surface area (Å²) in [6.07, 6.45) is 2.33. The molecule has 1 unspecified atom stereocenters. The number of nitrogens with one attached hydrogen (secondary N) is 1. The molecule has 1 aromatic rings. The molecule has 76 valence electrons. The molecule has 1 nitrogen and oxygen atoms in total. The van der Waals surface area contributed by atoms with Crippen LogP contribution in [-0.4, -0.2) is 12.7 Å². The lowest BCUT2D eigenvalue weighted by atomic mass is 10.1. The predicted octanol–water partition coefficient (Wildman–Crippen LogP) is 3.10. The van der Waals surface area contributed by atoms with Crippen molar-refractivity contribution in [1.82, 2.24) is 5.32 Å². The fourth-order valence-electron chi connectivity index (χ4n) is 1.49. The summed E-state index contributed by atoms with van der Waals surface area (Å²) in [6, 6.07) is 7.70. The molecule has 1 saturated carbocycles. The van der Waals surface area contributed by atoms with Gasteiger partial charge in [-0.05, 0) is 30.5 Å². The molecule has 0 aromatic heterocycles. The van der Waals surface area contributed by atoms with Gasteiger partial charge in [-0.3, -0.25) is 0 Å². The Balaban J connectivity index is 2.08. The molecule has 0 amide bonds. The molecule has 0 bridgehead atoms. The molecule has 0 saturated heterocycles. The lowest BCUT2D eigenvalue weighted by Crippen LogP contribution is -2.24. The summed E-state index contributed by atoms with van der Waals surface area (Å²) in [4.78, 5) is 0. The van der Waals surface area contributed by atoms with Crippen molar-refractivity contribution >= 4 is 11.6 Å². The molecule has 3 heteroatoms. The molecular weight excluding hydrogens is 201 g/mol. The topological polar surface area (TPSA) is 12.0 Å². The maximum Gasteiger partial charge on any atom is 0.109 e. The van der Waals surface area contributed by atoms with Gasteiger partial charge in [-0.15, -0.1) is 0 Å². The number of hydrogen-bond acceptors (Lipinski definition) is 1. The molecule has 14 heavy (non-hydrogen) atoms. The van der Waals surface area contributed by atoms with E-state index in [0.717, 1.165) is 18.4 Å². The highest BCUT2D eigenvalue weighted by atomic mass is 35.5. The molecule has 1 N–H and O–H groups in total. The summed E-state index contributed by atoms with van der Waals surface area (Å²) < 4.78 is 12.8. The van der Waals surface area contributed by atoms with Gasteiger partial charge >= 0.3 is 0 Å². The molecule has 0 spiro atoms. The van der Waals surface area contributed by atoms with E-state index in [1.54, 1.807) is 6.07 Å². The van der Waals surface area contributed by atoms with Crippen LogP contribution in [0.5, 0.6) is 0 Å². The third-order valence-corrected chi connectivity index (χ3v) is 2.65. The molecule has 0 heterocycles. The van der Waals surface area contributed by atoms with Crippen molar-refractivity contribution in [3.05, 3.63) is 34.9 Å². The van der Waals surface area contributed by atoms with Gasteiger partial charge < -0.3 is 5.32 Å². The van der Waals surface area contributed by atoms with Gasteiger partial charge in [-0.1, -0.05) is 23.7 Å². The smallest absolute Gasteiger partial charge is 0.109 e. The van der Waals surface area contributed by atoms with E-state index in [1.165, 1.54) is 0 Å². The normalized spacial score (nSPS) is 18.1. The first kappa shape index (κ1) is 9.94. The van der Waals surface area contributed by atoms with Crippen LogP contribution in [0.4, 0.5) is 4.39 Å². The summed E-state index contributed by atoms with van der Waals surface area (Å²) in [5.41, 5.74) is 0.937. The highest BCUT2D eigenvalue weighted by molar-refractivity contribution is 6.30. The summed E-state index contributed by atoms with van der Waals surface area (Å²) in [5, 5.41) is 3.92. The van der Waals surface area contributed by atoms with E-state index in [9.17, 15) is 4.39 Å². The number of hydrogen-bond donors (Lipinski definition) is 1. The van der Waals surface area contributed by atoms with Crippen molar-refractivity contribution in [3.8, 4) is 0 Å². The van der Waals surface area contributed by atoms with Gasteiger partial charge in [0, 0.05) is 11.1 Å². The van der Waals surface area contributed by atoms with Crippen LogP contribution in [0.1, 0.15) is 24.4 Å². The zero-order chi connectivity index (χ0) is 9.97. The summed E-state index contributed by atoms with van der Waals surface area (Å²) >= 11 is 5.85. The van der Waals surface area contributed by atoms with Crippen LogP contribution in [0.25, 0.3) is 0 Å². The molecule has 1 aromatic carbocycles. The SMILES string of the molecule is FCC(NC1CC1)c1cccc(Cl)c1. The van der Waals surface area contributed by atoms with Crippen LogP contribution in [0, 0.1) is 0 Å². The molecule has 1 aliphatic rings. The van der Waals surface area contributed by atoms with E-state index in [0.29, 0.717) is 11.1 Å². The average molecular weight is 214 g/mol. The van der Waals surface area contributed by atoms with Crippen LogP contribution in [0.15, 0.2) is 24.3 Å². The third kappa shape index (κ3) is 2.46. The Labute approximate surface area is 88.3 Å². The minimum Gasteiger partial charge on any atom is -0.305 e. The van der Waals surface area contributed by atoms with E-state index in [2.05, 4.69) is 5.32 Å². The molecular formula is C11H13ClFN. The summed E-state index contributed by atoms with van der Waals surface area (Å²) in [6.45, 7) is -0.378. The van der Waals surface area contributed by atoms with Crippen molar-refractivity contribution < 1.29 is 4.39 Å². The molecule has 2 rings (SSSR count). The molecule has 1 aliphatic carbocycles. The molecule has 1 fully saturated rings. The van der Waals surface area contributed by atoms with E-state index in [-0.39, 0.29) is 12.7 Å². The summed E-state index contributed by atoms with van der Waals surface area (Å²) in [5.74, 6) is 0. The highest BCUT2D eigenvalue weighted by Gasteiger charge is 2.25. The second-order valence-electron chi connectivity index (χ2n) is 3.70.